The number of anilines is 2. The Morgan fingerprint density at radius 3 is 2.46 bits per heavy atom. The molecule has 4 heterocycles. The minimum absolute atomic E-state index is 0.379. The van der Waals surface area contributed by atoms with Crippen LogP contribution < -0.4 is 9.80 Å². The SMILES string of the molecule is Cc1cc2c(N3CCN(c4nccnc4C#N)CC3)ncnc2s1. The molecule has 3 aromatic heterocycles. The number of aryl methyl sites for hydroxylation is 1. The van der Waals surface area contributed by atoms with Crippen LogP contribution in [0.5, 0.6) is 0 Å². The van der Waals surface area contributed by atoms with Gasteiger partial charge >= 0.3 is 0 Å². The van der Waals surface area contributed by atoms with Gasteiger partial charge in [-0.2, -0.15) is 5.26 Å². The zero-order chi connectivity index (χ0) is 16.5. The fourth-order valence-electron chi connectivity index (χ4n) is 2.99. The van der Waals surface area contributed by atoms with Crippen molar-refractivity contribution in [2.24, 2.45) is 0 Å². The Kier molecular flexibility index (Phi) is 3.70. The van der Waals surface area contributed by atoms with Gasteiger partial charge in [-0.05, 0) is 13.0 Å². The van der Waals surface area contributed by atoms with Crippen molar-refractivity contribution in [3.63, 3.8) is 0 Å². The Labute approximate surface area is 143 Å². The van der Waals surface area contributed by atoms with E-state index in [1.807, 2.05) is 0 Å². The smallest absolute Gasteiger partial charge is 0.183 e. The van der Waals surface area contributed by atoms with E-state index in [1.165, 1.54) is 4.88 Å². The summed E-state index contributed by atoms with van der Waals surface area (Å²) >= 11 is 1.69. The summed E-state index contributed by atoms with van der Waals surface area (Å²) < 4.78 is 0. The van der Waals surface area contributed by atoms with Crippen molar-refractivity contribution in [1.82, 2.24) is 19.9 Å². The molecule has 0 radical (unpaired) electrons. The van der Waals surface area contributed by atoms with Gasteiger partial charge in [-0.1, -0.05) is 0 Å². The van der Waals surface area contributed by atoms with E-state index in [-0.39, 0.29) is 0 Å². The lowest BCUT2D eigenvalue weighted by Crippen LogP contribution is -2.47. The molecule has 1 aliphatic rings. The van der Waals surface area contributed by atoms with Gasteiger partial charge in [-0.3, -0.25) is 0 Å². The number of hydrogen-bond donors (Lipinski definition) is 0. The summed E-state index contributed by atoms with van der Waals surface area (Å²) in [5.74, 6) is 1.66. The zero-order valence-corrected chi connectivity index (χ0v) is 14.0. The normalized spacial score (nSPS) is 14.8. The number of thiophene rings is 1. The Bertz CT molecular complexity index is 922. The first-order valence-corrected chi connectivity index (χ1v) is 8.50. The zero-order valence-electron chi connectivity index (χ0n) is 13.2. The van der Waals surface area contributed by atoms with Crippen molar-refractivity contribution < 1.29 is 0 Å². The van der Waals surface area contributed by atoms with Crippen LogP contribution in [0.1, 0.15) is 10.6 Å². The molecule has 8 heteroatoms. The lowest BCUT2D eigenvalue weighted by molar-refractivity contribution is 0.641. The van der Waals surface area contributed by atoms with Gasteiger partial charge in [0.1, 0.15) is 23.0 Å². The van der Waals surface area contributed by atoms with Gasteiger partial charge in [0, 0.05) is 43.4 Å². The van der Waals surface area contributed by atoms with E-state index in [0.29, 0.717) is 11.5 Å². The van der Waals surface area contributed by atoms with Gasteiger partial charge in [0.2, 0.25) is 0 Å². The minimum Gasteiger partial charge on any atom is -0.352 e. The van der Waals surface area contributed by atoms with E-state index in [9.17, 15) is 5.26 Å². The van der Waals surface area contributed by atoms with Crippen molar-refractivity contribution in [1.29, 1.82) is 5.26 Å². The van der Waals surface area contributed by atoms with Crippen LogP contribution in [-0.4, -0.2) is 46.1 Å². The maximum Gasteiger partial charge on any atom is 0.183 e. The Balaban J connectivity index is 1.57. The molecule has 7 nitrogen and oxygen atoms in total. The van der Waals surface area contributed by atoms with E-state index in [1.54, 1.807) is 30.1 Å². The van der Waals surface area contributed by atoms with Crippen LogP contribution in [0, 0.1) is 18.3 Å². The third-order valence-corrected chi connectivity index (χ3v) is 5.05. The van der Waals surface area contributed by atoms with Crippen LogP contribution in [0.2, 0.25) is 0 Å². The highest BCUT2D eigenvalue weighted by Crippen LogP contribution is 2.30. The first-order valence-electron chi connectivity index (χ1n) is 7.68. The van der Waals surface area contributed by atoms with Gasteiger partial charge in [0.15, 0.2) is 11.5 Å². The predicted molar refractivity (Wildman–Crippen MR) is 93.3 cm³/mol. The standard InChI is InChI=1S/C16H15N7S/c1-11-8-12-14(20-10-21-16(12)24-11)22-4-6-23(7-5-22)15-13(9-17)18-2-3-19-15/h2-3,8,10H,4-7H2,1H3. The van der Waals surface area contributed by atoms with E-state index in [2.05, 4.69) is 48.8 Å². The Morgan fingerprint density at radius 2 is 1.71 bits per heavy atom. The summed E-state index contributed by atoms with van der Waals surface area (Å²) in [7, 11) is 0. The summed E-state index contributed by atoms with van der Waals surface area (Å²) in [5.41, 5.74) is 0.379. The fourth-order valence-corrected chi connectivity index (χ4v) is 3.83. The quantitative estimate of drug-likeness (QED) is 0.707. The lowest BCUT2D eigenvalue weighted by Gasteiger charge is -2.36. The molecule has 1 fully saturated rings. The van der Waals surface area contributed by atoms with Gasteiger partial charge < -0.3 is 9.80 Å². The molecule has 24 heavy (non-hydrogen) atoms. The van der Waals surface area contributed by atoms with Crippen molar-refractivity contribution in [2.75, 3.05) is 36.0 Å². The number of hydrogen-bond acceptors (Lipinski definition) is 8. The van der Waals surface area contributed by atoms with Crippen LogP contribution in [0.3, 0.4) is 0 Å². The van der Waals surface area contributed by atoms with Gasteiger partial charge in [-0.25, -0.2) is 19.9 Å². The summed E-state index contributed by atoms with van der Waals surface area (Å²) in [6.07, 6.45) is 4.82. The maximum atomic E-state index is 9.19. The number of piperazine rings is 1. The molecule has 1 saturated heterocycles. The van der Waals surface area contributed by atoms with Gasteiger partial charge in [-0.15, -0.1) is 11.3 Å². The second kappa shape index (κ2) is 6.02. The number of aromatic nitrogens is 4. The van der Waals surface area contributed by atoms with Crippen LogP contribution in [0.4, 0.5) is 11.6 Å². The van der Waals surface area contributed by atoms with Crippen LogP contribution in [0.25, 0.3) is 10.2 Å². The molecule has 0 N–H and O–H groups in total. The molecule has 0 bridgehead atoms. The Hall–Kier alpha value is -2.79. The average molecular weight is 337 g/mol. The molecule has 3 aromatic rings. The minimum atomic E-state index is 0.379. The van der Waals surface area contributed by atoms with Crippen LogP contribution >= 0.6 is 11.3 Å². The molecule has 1 aliphatic heterocycles. The molecular formula is C16H15N7S. The molecule has 4 rings (SSSR count). The highest BCUT2D eigenvalue weighted by molar-refractivity contribution is 7.18. The largest absolute Gasteiger partial charge is 0.352 e. The first kappa shape index (κ1) is 14.8. The molecule has 0 saturated carbocycles. The van der Waals surface area contributed by atoms with Crippen molar-refractivity contribution in [2.45, 2.75) is 6.92 Å². The van der Waals surface area contributed by atoms with E-state index in [0.717, 1.165) is 42.2 Å². The fraction of sp³-hybridized carbons (Fsp3) is 0.312. The molecule has 120 valence electrons. The van der Waals surface area contributed by atoms with Crippen molar-refractivity contribution >= 4 is 33.2 Å². The van der Waals surface area contributed by atoms with E-state index in [4.69, 9.17) is 0 Å². The topological polar surface area (TPSA) is 81.8 Å². The Morgan fingerprint density at radius 1 is 1.00 bits per heavy atom. The van der Waals surface area contributed by atoms with Gasteiger partial charge in [0.05, 0.1) is 5.39 Å². The monoisotopic (exact) mass is 337 g/mol. The molecule has 0 aliphatic carbocycles. The number of rotatable bonds is 2. The lowest BCUT2D eigenvalue weighted by atomic mass is 10.2. The second-order valence-electron chi connectivity index (χ2n) is 5.59. The molecule has 0 unspecified atom stereocenters. The first-order chi connectivity index (χ1) is 11.8. The summed E-state index contributed by atoms with van der Waals surface area (Å²) in [6.45, 7) is 5.29. The second-order valence-corrected chi connectivity index (χ2v) is 6.82. The van der Waals surface area contributed by atoms with E-state index < -0.39 is 0 Å². The highest BCUT2D eigenvalue weighted by Gasteiger charge is 2.23. The summed E-state index contributed by atoms with van der Waals surface area (Å²) in [4.78, 5) is 23.9. The van der Waals surface area contributed by atoms with Crippen LogP contribution in [-0.2, 0) is 0 Å². The third kappa shape index (κ3) is 2.53. The van der Waals surface area contributed by atoms with Crippen LogP contribution in [0.15, 0.2) is 24.8 Å². The summed E-state index contributed by atoms with van der Waals surface area (Å²) in [5, 5.41) is 10.3. The maximum absolute atomic E-state index is 9.19. The predicted octanol–water partition coefficient (Wildman–Crippen LogP) is 1.99. The number of nitriles is 1. The molecule has 0 spiro atoms. The number of fused-ring (bicyclic) bond motifs is 1. The third-order valence-electron chi connectivity index (χ3n) is 4.10. The molecular weight excluding hydrogens is 322 g/mol. The highest BCUT2D eigenvalue weighted by atomic mass is 32.1. The van der Waals surface area contributed by atoms with E-state index >= 15 is 0 Å². The van der Waals surface area contributed by atoms with Crippen molar-refractivity contribution in [3.05, 3.63) is 35.4 Å². The van der Waals surface area contributed by atoms with Crippen molar-refractivity contribution in [3.8, 4) is 6.07 Å². The molecule has 0 amide bonds. The average Bonchev–Trinajstić information content (AvgIpc) is 3.02. The summed E-state index contributed by atoms with van der Waals surface area (Å²) in [6, 6.07) is 4.27. The number of nitrogens with zero attached hydrogens (tertiary/aromatic N) is 7. The molecule has 0 aromatic carbocycles. The van der Waals surface area contributed by atoms with Gasteiger partial charge in [0.25, 0.3) is 0 Å². The molecule has 0 atom stereocenters.